The average molecular weight is 451 g/mol. The maximum absolute atomic E-state index is 12.4. The van der Waals surface area contributed by atoms with Crippen molar-refractivity contribution >= 4 is 17.6 Å². The third-order valence-electron chi connectivity index (χ3n) is 4.64. The highest BCUT2D eigenvalue weighted by atomic mass is 19.4. The number of halogens is 3. The summed E-state index contributed by atoms with van der Waals surface area (Å²) in [6.07, 6.45) is -2.38. The van der Waals surface area contributed by atoms with Gasteiger partial charge < -0.3 is 19.7 Å². The summed E-state index contributed by atoms with van der Waals surface area (Å²) in [6, 6.07) is 9.32. The van der Waals surface area contributed by atoms with E-state index in [4.69, 9.17) is 14.6 Å². The van der Waals surface area contributed by atoms with E-state index < -0.39 is 12.1 Å². The van der Waals surface area contributed by atoms with Gasteiger partial charge in [-0.05, 0) is 38.1 Å². The molecule has 0 spiro atoms. The number of anilines is 1. The van der Waals surface area contributed by atoms with Crippen LogP contribution in [0.2, 0.25) is 0 Å². The number of carboxylic acids is 1. The van der Waals surface area contributed by atoms with E-state index in [1.165, 1.54) is 0 Å². The maximum Gasteiger partial charge on any atom is 0.490 e. The second-order valence-electron chi connectivity index (χ2n) is 6.88. The van der Waals surface area contributed by atoms with Crippen molar-refractivity contribution in [3.63, 3.8) is 0 Å². The van der Waals surface area contributed by atoms with Gasteiger partial charge in [0.2, 0.25) is 5.88 Å². The molecule has 0 aliphatic carbocycles. The minimum atomic E-state index is -5.08. The van der Waals surface area contributed by atoms with Crippen LogP contribution in [-0.2, 0) is 11.3 Å². The van der Waals surface area contributed by atoms with Gasteiger partial charge in [-0.1, -0.05) is 0 Å². The zero-order valence-corrected chi connectivity index (χ0v) is 17.2. The molecule has 0 saturated heterocycles. The van der Waals surface area contributed by atoms with E-state index in [1.54, 1.807) is 17.1 Å². The lowest BCUT2D eigenvalue weighted by molar-refractivity contribution is -0.192. The van der Waals surface area contributed by atoms with Crippen molar-refractivity contribution in [2.75, 3.05) is 11.9 Å². The molecule has 0 bridgehead atoms. The Bertz CT molecular complexity index is 1100. The molecule has 0 fully saturated rings. The summed E-state index contributed by atoms with van der Waals surface area (Å²) < 4.78 is 41.0. The van der Waals surface area contributed by atoms with Crippen LogP contribution in [0.3, 0.4) is 0 Å². The lowest BCUT2D eigenvalue weighted by atomic mass is 10.2. The topological polar surface area (TPSA) is 111 Å². The predicted octanol–water partition coefficient (Wildman–Crippen LogP) is 3.35. The third-order valence-corrected chi connectivity index (χ3v) is 4.64. The highest BCUT2D eigenvalue weighted by Gasteiger charge is 2.38. The van der Waals surface area contributed by atoms with Gasteiger partial charge >= 0.3 is 12.1 Å². The van der Waals surface area contributed by atoms with Crippen LogP contribution < -0.4 is 10.1 Å². The molecule has 2 aromatic heterocycles. The fraction of sp³-hybridized carbons (Fsp3) is 0.300. The Morgan fingerprint density at radius 1 is 1.19 bits per heavy atom. The van der Waals surface area contributed by atoms with Crippen molar-refractivity contribution in [2.24, 2.45) is 0 Å². The number of carbonyl (C=O) groups is 2. The number of hydrogen-bond donors (Lipinski definition) is 2. The molecule has 12 heteroatoms. The Balaban J connectivity index is 0.000000360. The average Bonchev–Trinajstić information content (AvgIpc) is 3.32. The number of imidazole rings is 1. The first-order chi connectivity index (χ1) is 15.1. The minimum absolute atomic E-state index is 0.243. The Labute approximate surface area is 180 Å². The van der Waals surface area contributed by atoms with Crippen molar-refractivity contribution < 1.29 is 32.6 Å². The zero-order valence-electron chi connectivity index (χ0n) is 17.2. The molecule has 1 amide bonds. The summed E-state index contributed by atoms with van der Waals surface area (Å²) in [5.74, 6) is -2.35. The number of alkyl halides is 3. The van der Waals surface area contributed by atoms with Gasteiger partial charge in [0.15, 0.2) is 5.69 Å². The summed E-state index contributed by atoms with van der Waals surface area (Å²) in [7, 11) is 0. The normalized spacial score (nSPS) is 12.8. The molecule has 1 aliphatic heterocycles. The van der Waals surface area contributed by atoms with Crippen LogP contribution >= 0.6 is 0 Å². The number of aromatic nitrogens is 4. The minimum Gasteiger partial charge on any atom is -0.478 e. The Morgan fingerprint density at radius 3 is 2.38 bits per heavy atom. The highest BCUT2D eigenvalue weighted by Crippen LogP contribution is 2.20. The smallest absolute Gasteiger partial charge is 0.478 e. The van der Waals surface area contributed by atoms with E-state index in [9.17, 15) is 18.0 Å². The summed E-state index contributed by atoms with van der Waals surface area (Å²) in [6.45, 7) is 5.46. The number of ether oxygens (including phenoxy) is 1. The van der Waals surface area contributed by atoms with Gasteiger partial charge in [0.05, 0.1) is 18.6 Å². The summed E-state index contributed by atoms with van der Waals surface area (Å²) >= 11 is 0. The molecule has 0 saturated carbocycles. The lowest BCUT2D eigenvalue weighted by Crippen LogP contribution is -2.21. The molecule has 4 rings (SSSR count). The number of aliphatic carboxylic acids is 1. The fourth-order valence-corrected chi connectivity index (χ4v) is 2.84. The van der Waals surface area contributed by atoms with Crippen molar-refractivity contribution in [3.05, 3.63) is 53.7 Å². The Hall–Kier alpha value is -3.83. The van der Waals surface area contributed by atoms with E-state index in [-0.39, 0.29) is 5.91 Å². The third kappa shape index (κ3) is 5.25. The van der Waals surface area contributed by atoms with Crippen molar-refractivity contribution in [1.82, 2.24) is 19.3 Å². The SMILES string of the molecule is Cc1ncn(-c2ccc(NC(=O)c3cc4n(n3)CCCO4)cc2)c1C.O=C(O)C(F)(F)F. The number of rotatable bonds is 3. The molecule has 9 nitrogen and oxygen atoms in total. The second kappa shape index (κ2) is 9.12. The molecule has 0 unspecified atom stereocenters. The number of fused-ring (bicyclic) bond motifs is 1. The van der Waals surface area contributed by atoms with Crippen LogP contribution in [0.25, 0.3) is 5.69 Å². The molecular weight excluding hydrogens is 431 g/mol. The highest BCUT2D eigenvalue weighted by molar-refractivity contribution is 6.03. The Morgan fingerprint density at radius 2 is 1.84 bits per heavy atom. The molecule has 0 atom stereocenters. The van der Waals surface area contributed by atoms with E-state index in [1.807, 2.05) is 42.7 Å². The van der Waals surface area contributed by atoms with Crippen molar-refractivity contribution in [1.29, 1.82) is 0 Å². The van der Waals surface area contributed by atoms with Gasteiger partial charge in [0.1, 0.15) is 0 Å². The van der Waals surface area contributed by atoms with Crippen LogP contribution in [0, 0.1) is 13.8 Å². The van der Waals surface area contributed by atoms with E-state index >= 15 is 0 Å². The molecule has 170 valence electrons. The van der Waals surface area contributed by atoms with Crippen LogP contribution in [0.4, 0.5) is 18.9 Å². The molecule has 32 heavy (non-hydrogen) atoms. The van der Waals surface area contributed by atoms with Crippen LogP contribution in [0.15, 0.2) is 36.7 Å². The molecule has 3 aromatic rings. The van der Waals surface area contributed by atoms with Gasteiger partial charge in [0, 0.05) is 36.1 Å². The number of carboxylic acid groups (broad SMARTS) is 1. The fourth-order valence-electron chi connectivity index (χ4n) is 2.84. The summed E-state index contributed by atoms with van der Waals surface area (Å²) in [5.41, 5.74) is 4.18. The molecule has 3 heterocycles. The molecule has 1 aromatic carbocycles. The van der Waals surface area contributed by atoms with Gasteiger partial charge in [-0.3, -0.25) is 4.79 Å². The van der Waals surface area contributed by atoms with Crippen LogP contribution in [0.1, 0.15) is 28.3 Å². The zero-order chi connectivity index (χ0) is 23.5. The number of nitrogens with one attached hydrogen (secondary N) is 1. The largest absolute Gasteiger partial charge is 0.490 e. The Kier molecular flexibility index (Phi) is 6.51. The molecule has 1 aliphatic rings. The van der Waals surface area contributed by atoms with Gasteiger partial charge in [-0.25, -0.2) is 14.5 Å². The van der Waals surface area contributed by atoms with Crippen LogP contribution in [0.5, 0.6) is 5.88 Å². The first-order valence-corrected chi connectivity index (χ1v) is 9.49. The second-order valence-corrected chi connectivity index (χ2v) is 6.88. The quantitative estimate of drug-likeness (QED) is 0.632. The number of nitrogens with zero attached hydrogens (tertiary/aromatic N) is 4. The van der Waals surface area contributed by atoms with Crippen molar-refractivity contribution in [3.8, 4) is 11.6 Å². The molecule has 0 radical (unpaired) electrons. The number of carbonyl (C=O) groups excluding carboxylic acids is 1. The number of amides is 1. The molecular formula is C20H20F3N5O4. The summed E-state index contributed by atoms with van der Waals surface area (Å²) in [4.78, 5) is 25.6. The number of benzene rings is 1. The monoisotopic (exact) mass is 451 g/mol. The summed E-state index contributed by atoms with van der Waals surface area (Å²) in [5, 5.41) is 14.3. The van der Waals surface area contributed by atoms with E-state index in [0.29, 0.717) is 18.2 Å². The maximum atomic E-state index is 12.4. The van der Waals surface area contributed by atoms with Gasteiger partial charge in [-0.2, -0.15) is 18.3 Å². The van der Waals surface area contributed by atoms with E-state index in [0.717, 1.165) is 35.7 Å². The standard InChI is InChI=1S/C18H19N5O2.C2HF3O2/c1-12-13(2)22(11-19-12)15-6-4-14(5-7-15)20-18(24)16-10-17-23(21-16)8-3-9-25-17;3-2(4,5)1(6)7/h4-7,10-11H,3,8-9H2,1-2H3,(H,20,24);(H,6,7). The number of hydrogen-bond acceptors (Lipinski definition) is 5. The number of aryl methyl sites for hydroxylation is 2. The van der Waals surface area contributed by atoms with Gasteiger partial charge in [-0.15, -0.1) is 0 Å². The first-order valence-electron chi connectivity index (χ1n) is 9.49. The predicted molar refractivity (Wildman–Crippen MR) is 107 cm³/mol. The van der Waals surface area contributed by atoms with Crippen molar-refractivity contribution in [2.45, 2.75) is 33.0 Å². The van der Waals surface area contributed by atoms with E-state index in [2.05, 4.69) is 15.4 Å². The van der Waals surface area contributed by atoms with Gasteiger partial charge in [0.25, 0.3) is 5.91 Å². The van der Waals surface area contributed by atoms with Crippen LogP contribution in [-0.4, -0.2) is 49.1 Å². The molecule has 2 N–H and O–H groups in total. The lowest BCUT2D eigenvalue weighted by Gasteiger charge is -2.13. The first kappa shape index (κ1) is 22.8.